The Bertz CT molecular complexity index is 492. The van der Waals surface area contributed by atoms with Gasteiger partial charge in [0.15, 0.2) is 6.61 Å². The first-order chi connectivity index (χ1) is 9.58. The first kappa shape index (κ1) is 17.0. The van der Waals surface area contributed by atoms with Gasteiger partial charge in [-0.1, -0.05) is 0 Å². The predicted molar refractivity (Wildman–Crippen MR) is 83.3 cm³/mol. The number of amides is 1. The van der Waals surface area contributed by atoms with E-state index < -0.39 is 0 Å². The van der Waals surface area contributed by atoms with E-state index in [9.17, 15) is 4.79 Å². The van der Waals surface area contributed by atoms with Crippen LogP contribution >= 0.6 is 31.9 Å². The van der Waals surface area contributed by atoms with Crippen LogP contribution in [0.3, 0.4) is 0 Å². The number of rotatable bonds is 7. The second-order valence-corrected chi connectivity index (χ2v) is 5.67. The Morgan fingerprint density at radius 1 is 1.40 bits per heavy atom. The lowest BCUT2D eigenvalue weighted by molar-refractivity contribution is -0.123. The summed E-state index contributed by atoms with van der Waals surface area (Å²) in [6.07, 6.45) is 0.290. The minimum absolute atomic E-state index is 0.0893. The van der Waals surface area contributed by atoms with E-state index in [1.54, 1.807) is 0 Å². The van der Waals surface area contributed by atoms with Crippen LogP contribution in [0.25, 0.3) is 0 Å². The fourth-order valence-corrected chi connectivity index (χ4v) is 3.01. The molecule has 0 fully saturated rings. The summed E-state index contributed by atoms with van der Waals surface area (Å²) in [5, 5.41) is 14.0. The standard InChI is InChI=1S/C13H15Br2N3O2/c1-17-7-9-5-10(14)13(11(15)6-9)20-8-12(19)18-4-2-3-16/h5-6,17H,2,4,7-8H2,1H3,(H,18,19). The average Bonchev–Trinajstić information content (AvgIpc) is 2.38. The second kappa shape index (κ2) is 8.95. The Labute approximate surface area is 134 Å². The quantitative estimate of drug-likeness (QED) is 0.684. The Hall–Kier alpha value is -1.10. The number of benzene rings is 1. The van der Waals surface area contributed by atoms with Crippen molar-refractivity contribution in [3.8, 4) is 11.8 Å². The number of nitrogens with zero attached hydrogens (tertiary/aromatic N) is 1. The number of nitrogens with one attached hydrogen (secondary N) is 2. The highest BCUT2D eigenvalue weighted by molar-refractivity contribution is 9.11. The molecule has 0 aliphatic rings. The molecule has 0 aliphatic heterocycles. The summed E-state index contributed by atoms with van der Waals surface area (Å²) in [6, 6.07) is 5.83. The van der Waals surface area contributed by atoms with Crippen LogP contribution < -0.4 is 15.4 Å². The SMILES string of the molecule is CNCc1cc(Br)c(OCC(=O)NCCC#N)c(Br)c1. The lowest BCUT2D eigenvalue weighted by atomic mass is 10.2. The van der Waals surface area contributed by atoms with Gasteiger partial charge in [0, 0.05) is 13.1 Å². The van der Waals surface area contributed by atoms with E-state index in [4.69, 9.17) is 10.00 Å². The number of halogens is 2. The topological polar surface area (TPSA) is 74.2 Å². The average molecular weight is 405 g/mol. The van der Waals surface area contributed by atoms with Crippen LogP contribution in [0.1, 0.15) is 12.0 Å². The molecule has 1 amide bonds. The summed E-state index contributed by atoms with van der Waals surface area (Å²) in [7, 11) is 1.87. The normalized spacial score (nSPS) is 9.90. The molecule has 0 spiro atoms. The minimum atomic E-state index is -0.252. The Morgan fingerprint density at radius 3 is 2.60 bits per heavy atom. The molecular weight excluding hydrogens is 390 g/mol. The molecule has 7 heteroatoms. The van der Waals surface area contributed by atoms with Crippen LogP contribution in [0, 0.1) is 11.3 Å². The number of carbonyl (C=O) groups is 1. The highest BCUT2D eigenvalue weighted by Crippen LogP contribution is 2.34. The van der Waals surface area contributed by atoms with Crippen LogP contribution in [-0.2, 0) is 11.3 Å². The monoisotopic (exact) mass is 403 g/mol. The van der Waals surface area contributed by atoms with Crippen molar-refractivity contribution in [2.75, 3.05) is 20.2 Å². The van der Waals surface area contributed by atoms with Crippen molar-refractivity contribution in [2.24, 2.45) is 0 Å². The zero-order valence-electron chi connectivity index (χ0n) is 11.0. The summed E-state index contributed by atoms with van der Waals surface area (Å²) in [5.74, 6) is 0.332. The Morgan fingerprint density at radius 2 is 2.05 bits per heavy atom. The lowest BCUT2D eigenvalue weighted by Crippen LogP contribution is -2.29. The third kappa shape index (κ3) is 5.49. The number of nitriles is 1. The summed E-state index contributed by atoms with van der Waals surface area (Å²) in [4.78, 5) is 11.5. The van der Waals surface area contributed by atoms with Crippen molar-refractivity contribution in [2.45, 2.75) is 13.0 Å². The molecule has 0 heterocycles. The van der Waals surface area contributed by atoms with Crippen molar-refractivity contribution in [3.63, 3.8) is 0 Å². The molecule has 108 valence electrons. The molecule has 0 atom stereocenters. The highest BCUT2D eigenvalue weighted by Gasteiger charge is 2.11. The van der Waals surface area contributed by atoms with Crippen LogP contribution in [0.5, 0.6) is 5.75 Å². The van der Waals surface area contributed by atoms with Crippen LogP contribution in [0.15, 0.2) is 21.1 Å². The fourth-order valence-electron chi connectivity index (χ4n) is 1.50. The number of hydrogen-bond donors (Lipinski definition) is 2. The molecule has 5 nitrogen and oxygen atoms in total. The molecule has 0 saturated heterocycles. The summed E-state index contributed by atoms with van der Waals surface area (Å²) >= 11 is 6.85. The van der Waals surface area contributed by atoms with Crippen molar-refractivity contribution < 1.29 is 9.53 Å². The molecule has 2 N–H and O–H groups in total. The zero-order chi connectivity index (χ0) is 15.0. The van der Waals surface area contributed by atoms with Gasteiger partial charge in [-0.2, -0.15) is 5.26 Å². The van der Waals surface area contributed by atoms with Crippen molar-refractivity contribution in [1.29, 1.82) is 5.26 Å². The molecule has 1 aromatic rings. The maximum absolute atomic E-state index is 11.5. The van der Waals surface area contributed by atoms with Crippen molar-refractivity contribution in [3.05, 3.63) is 26.6 Å². The molecule has 20 heavy (non-hydrogen) atoms. The Kier molecular flexibility index (Phi) is 7.59. The van der Waals surface area contributed by atoms with Gasteiger partial charge in [0.2, 0.25) is 0 Å². The van der Waals surface area contributed by atoms with Gasteiger partial charge in [0.1, 0.15) is 5.75 Å². The number of hydrogen-bond acceptors (Lipinski definition) is 4. The van der Waals surface area contributed by atoms with Crippen LogP contribution in [0.2, 0.25) is 0 Å². The third-order valence-corrected chi connectivity index (χ3v) is 3.52. The van der Waals surface area contributed by atoms with E-state index in [-0.39, 0.29) is 18.9 Å². The number of carbonyl (C=O) groups excluding carboxylic acids is 1. The summed E-state index contributed by atoms with van der Waals surface area (Å²) in [5.41, 5.74) is 1.09. The Balaban J connectivity index is 2.60. The maximum Gasteiger partial charge on any atom is 0.257 e. The first-order valence-corrected chi connectivity index (χ1v) is 7.56. The van der Waals surface area contributed by atoms with Crippen LogP contribution in [0.4, 0.5) is 0 Å². The molecule has 1 rings (SSSR count). The largest absolute Gasteiger partial charge is 0.481 e. The predicted octanol–water partition coefficient (Wildman–Crippen LogP) is 2.34. The first-order valence-electron chi connectivity index (χ1n) is 5.97. The van der Waals surface area contributed by atoms with Gasteiger partial charge < -0.3 is 15.4 Å². The molecule has 0 bridgehead atoms. The summed E-state index contributed by atoms with van der Waals surface area (Å²) in [6.45, 7) is 0.988. The smallest absolute Gasteiger partial charge is 0.257 e. The van der Waals surface area contributed by atoms with Gasteiger partial charge in [0.25, 0.3) is 5.91 Å². The van der Waals surface area contributed by atoms with E-state index in [1.165, 1.54) is 0 Å². The van der Waals surface area contributed by atoms with E-state index in [2.05, 4.69) is 42.5 Å². The second-order valence-electron chi connectivity index (χ2n) is 3.97. The van der Waals surface area contributed by atoms with E-state index in [0.29, 0.717) is 12.3 Å². The molecule has 0 unspecified atom stereocenters. The van der Waals surface area contributed by atoms with Gasteiger partial charge in [0.05, 0.1) is 21.4 Å². The van der Waals surface area contributed by atoms with E-state index in [1.807, 2.05) is 25.2 Å². The van der Waals surface area contributed by atoms with Crippen molar-refractivity contribution in [1.82, 2.24) is 10.6 Å². The zero-order valence-corrected chi connectivity index (χ0v) is 14.2. The fraction of sp³-hybridized carbons (Fsp3) is 0.385. The van der Waals surface area contributed by atoms with Crippen LogP contribution in [-0.4, -0.2) is 26.1 Å². The highest BCUT2D eigenvalue weighted by atomic mass is 79.9. The van der Waals surface area contributed by atoms with Crippen molar-refractivity contribution >= 4 is 37.8 Å². The molecule has 0 aromatic heterocycles. The van der Waals surface area contributed by atoms with Gasteiger partial charge >= 0.3 is 0 Å². The van der Waals surface area contributed by atoms with Gasteiger partial charge in [-0.3, -0.25) is 4.79 Å². The molecular formula is C13H15Br2N3O2. The van der Waals surface area contributed by atoms with Gasteiger partial charge in [-0.15, -0.1) is 0 Å². The molecule has 0 radical (unpaired) electrons. The molecule has 0 saturated carbocycles. The van der Waals surface area contributed by atoms with Gasteiger partial charge in [-0.05, 0) is 56.6 Å². The minimum Gasteiger partial charge on any atom is -0.481 e. The number of ether oxygens (including phenoxy) is 1. The van der Waals surface area contributed by atoms with E-state index >= 15 is 0 Å². The summed E-state index contributed by atoms with van der Waals surface area (Å²) < 4.78 is 7.04. The van der Waals surface area contributed by atoms with E-state index in [0.717, 1.165) is 21.1 Å². The third-order valence-electron chi connectivity index (χ3n) is 2.35. The lowest BCUT2D eigenvalue weighted by Gasteiger charge is -2.12. The maximum atomic E-state index is 11.5. The van der Waals surface area contributed by atoms with Gasteiger partial charge in [-0.25, -0.2) is 0 Å². The molecule has 0 aliphatic carbocycles. The molecule has 1 aromatic carbocycles.